The molecule has 0 aliphatic rings. The average Bonchev–Trinajstić information content (AvgIpc) is 1.63. The van der Waals surface area contributed by atoms with Gasteiger partial charge in [-0.05, 0) is 176 Å². The topological polar surface area (TPSA) is 102 Å². The number of hydrogen-bond acceptors (Lipinski definition) is 6. The van der Waals surface area contributed by atoms with Crippen LogP contribution in [0.3, 0.4) is 0 Å². The molecule has 0 fully saturated rings. The van der Waals surface area contributed by atoms with Crippen molar-refractivity contribution in [3.05, 3.63) is 336 Å². The summed E-state index contributed by atoms with van der Waals surface area (Å²) in [5.41, 5.74) is 28.9. The minimum atomic E-state index is -2.17. The molecule has 0 atom stereocenters. The Morgan fingerprint density at radius 1 is 0.339 bits per heavy atom. The maximum absolute atomic E-state index is 11.4. The molecule has 0 spiro atoms. The van der Waals surface area contributed by atoms with Crippen molar-refractivity contribution in [1.82, 2.24) is 29.1 Å². The van der Waals surface area contributed by atoms with Crippen LogP contribution in [0.25, 0.3) is 145 Å². The maximum Gasteiger partial charge on any atom is 0.148 e. The minimum absolute atomic E-state index is 0. The average molecular weight is 1910 g/mol. The van der Waals surface area contributed by atoms with Gasteiger partial charge in [-0.3, -0.25) is 19.1 Å². The number of hydrogen-bond donors (Lipinski definition) is 2. The van der Waals surface area contributed by atoms with Crippen molar-refractivity contribution < 1.29 is 59.2 Å². The van der Waals surface area contributed by atoms with Crippen LogP contribution in [0, 0.1) is 25.9 Å². The SMILES string of the molecule is [2H]C(C)(C)c1ccc(-n2c(-c3ccccc3O)nc3c(-c4[c-]c(-c5cc(-c6ccc(C)cc6)ccn5)cc(C(C)(C)C)c4)cccc32)c(-c2ccc(C(C)(C)C)cc2)c1.[2H]C([2H])([2H])c1ccc(-c2ccnc(-c3[c-]c(-c4cccc5c4nc(-c4ccccc4O)n5-c4ccc(C([2H])(C)C)cc4-c4ccc(C(C)(C)C)cc4)cc(C(C)(C)C)c3)c2)cc1.[Pt].[Pt]. The molecule has 0 aliphatic carbocycles. The molecular formula is C108H104N6O2Pt2-2. The summed E-state index contributed by atoms with van der Waals surface area (Å²) in [5, 5.41) is 22.8. The number of para-hydroxylation sites is 4. The van der Waals surface area contributed by atoms with Crippen LogP contribution in [0.2, 0.25) is 0 Å². The van der Waals surface area contributed by atoms with Crippen molar-refractivity contribution in [3.8, 4) is 135 Å². The van der Waals surface area contributed by atoms with E-state index in [1.165, 1.54) is 16.7 Å². The molecule has 0 bridgehead atoms. The minimum Gasteiger partial charge on any atom is -0.507 e. The van der Waals surface area contributed by atoms with Gasteiger partial charge >= 0.3 is 0 Å². The van der Waals surface area contributed by atoms with Gasteiger partial charge in [0.05, 0.1) is 44.6 Å². The van der Waals surface area contributed by atoms with E-state index in [1.807, 2.05) is 113 Å². The fourth-order valence-corrected chi connectivity index (χ4v) is 15.1. The van der Waals surface area contributed by atoms with Gasteiger partial charge in [-0.1, -0.05) is 314 Å². The summed E-state index contributed by atoms with van der Waals surface area (Å²) in [7, 11) is 0. The van der Waals surface area contributed by atoms with Crippen LogP contribution in [0.15, 0.2) is 279 Å². The van der Waals surface area contributed by atoms with E-state index in [0.717, 1.165) is 145 Å². The van der Waals surface area contributed by atoms with E-state index in [0.29, 0.717) is 28.3 Å². The zero-order valence-electron chi connectivity index (χ0n) is 75.3. The maximum atomic E-state index is 11.4. The molecule has 0 radical (unpaired) electrons. The zero-order valence-corrected chi connectivity index (χ0v) is 74.8. The van der Waals surface area contributed by atoms with Crippen molar-refractivity contribution in [3.63, 3.8) is 0 Å². The molecule has 118 heavy (non-hydrogen) atoms. The number of phenols is 2. The first-order chi connectivity index (χ1) is 57.1. The van der Waals surface area contributed by atoms with E-state index in [-0.39, 0.29) is 75.3 Å². The first kappa shape index (κ1) is 78.1. The number of phenolic OH excluding ortho intramolecular Hbond substituents is 2. The second-order valence-corrected chi connectivity index (χ2v) is 35.2. The summed E-state index contributed by atoms with van der Waals surface area (Å²) >= 11 is 0. The van der Waals surface area contributed by atoms with Crippen molar-refractivity contribution in [1.29, 1.82) is 0 Å². The number of imidazole rings is 2. The molecule has 0 unspecified atom stereocenters. The smallest absolute Gasteiger partial charge is 0.148 e. The van der Waals surface area contributed by atoms with E-state index < -0.39 is 18.6 Å². The predicted molar refractivity (Wildman–Crippen MR) is 486 cm³/mol. The Hall–Kier alpha value is -11.1. The number of aromatic hydroxyl groups is 2. The second-order valence-electron chi connectivity index (χ2n) is 35.2. The quantitative estimate of drug-likeness (QED) is 0.105. The van der Waals surface area contributed by atoms with E-state index in [2.05, 4.69) is 275 Å². The summed E-state index contributed by atoms with van der Waals surface area (Å²) in [4.78, 5) is 20.5. The molecule has 16 rings (SSSR count). The molecular weight excluding hydrogens is 1800 g/mol. The monoisotopic (exact) mass is 1910 g/mol. The van der Waals surface area contributed by atoms with Gasteiger partial charge in [0, 0.05) is 83.9 Å². The molecule has 0 saturated heterocycles. The molecule has 2 N–H and O–H groups in total. The largest absolute Gasteiger partial charge is 0.507 e. The molecule has 0 aliphatic heterocycles. The third-order valence-corrected chi connectivity index (χ3v) is 22.1. The summed E-state index contributed by atoms with van der Waals surface area (Å²) in [6.07, 6.45) is 3.66. The number of rotatable bonds is 14. The van der Waals surface area contributed by atoms with Crippen LogP contribution >= 0.6 is 0 Å². The molecule has 4 aromatic heterocycles. The fraction of sp³-hybridized carbons (Fsp3) is 0.222. The molecule has 8 nitrogen and oxygen atoms in total. The Balaban J connectivity index is 0.000000209. The van der Waals surface area contributed by atoms with Crippen molar-refractivity contribution in [2.24, 2.45) is 0 Å². The van der Waals surface area contributed by atoms with E-state index >= 15 is 0 Å². The Morgan fingerprint density at radius 2 is 0.686 bits per heavy atom. The van der Waals surface area contributed by atoms with Gasteiger partial charge in [-0.25, -0.2) is 9.97 Å². The summed E-state index contributed by atoms with van der Waals surface area (Å²) in [6.45, 7) is 34.1. The first-order valence-corrected chi connectivity index (χ1v) is 40.0. The molecule has 4 heterocycles. The number of benzene rings is 12. The van der Waals surface area contributed by atoms with Gasteiger partial charge in [-0.15, -0.1) is 58.7 Å². The summed E-state index contributed by atoms with van der Waals surface area (Å²) < 4.78 is 45.7. The number of pyridine rings is 2. The van der Waals surface area contributed by atoms with Crippen molar-refractivity contribution in [2.45, 2.75) is 158 Å². The van der Waals surface area contributed by atoms with Crippen LogP contribution < -0.4 is 0 Å². The molecule has 0 saturated carbocycles. The van der Waals surface area contributed by atoms with Crippen molar-refractivity contribution >= 4 is 22.1 Å². The molecule has 600 valence electrons. The number of fused-ring (bicyclic) bond motifs is 2. The van der Waals surface area contributed by atoms with Gasteiger partial charge < -0.3 is 10.2 Å². The zero-order chi connectivity index (χ0) is 86.2. The summed E-state index contributed by atoms with van der Waals surface area (Å²) in [5.74, 6) is -0.184. The van der Waals surface area contributed by atoms with Crippen LogP contribution in [0.1, 0.15) is 174 Å². The molecule has 12 aromatic carbocycles. The Morgan fingerprint density at radius 3 is 1.04 bits per heavy atom. The first-order valence-electron chi connectivity index (χ1n) is 42.5. The van der Waals surface area contributed by atoms with Gasteiger partial charge in [0.25, 0.3) is 0 Å². The molecule has 10 heteroatoms. The summed E-state index contributed by atoms with van der Waals surface area (Å²) in [6, 6.07) is 97.2. The Labute approximate surface area is 733 Å². The van der Waals surface area contributed by atoms with Crippen LogP contribution in [-0.4, -0.2) is 39.3 Å². The third-order valence-electron chi connectivity index (χ3n) is 22.1. The van der Waals surface area contributed by atoms with Gasteiger partial charge in [0.1, 0.15) is 23.1 Å². The third kappa shape index (κ3) is 17.7. The van der Waals surface area contributed by atoms with Gasteiger partial charge in [0.2, 0.25) is 0 Å². The van der Waals surface area contributed by atoms with Crippen LogP contribution in [0.5, 0.6) is 11.5 Å². The molecule has 0 amide bonds. The number of aromatic nitrogens is 6. The van der Waals surface area contributed by atoms with E-state index in [1.54, 1.807) is 30.5 Å². The molecule has 16 aromatic rings. The fourth-order valence-electron chi connectivity index (χ4n) is 15.1. The van der Waals surface area contributed by atoms with Crippen molar-refractivity contribution in [2.75, 3.05) is 0 Å². The standard InChI is InChI=1S/2C54H52N3O.2Pt/c2*1-34(2)38-23-26-48(46(32-38)37-21-24-42(25-22-37)53(4,5)6)57-49-15-12-14-44(51(49)56-52(57)45-13-10-11-16-50(45)58)40-29-41(31-43(30-40)54(7,8)9)47-33-39(27-28-55-47)36-19-17-35(3)18-20-36;;/h2*10-28,30-34,58H,1-9H3;;/q2*-1;;/i3D3,34D;34D;;. The second kappa shape index (κ2) is 34.1. The van der Waals surface area contributed by atoms with Crippen LogP contribution in [0.4, 0.5) is 0 Å². The Kier molecular flexibility index (Phi) is 22.5. The van der Waals surface area contributed by atoms with Crippen LogP contribution in [-0.2, 0) is 63.8 Å². The Bertz CT molecular complexity index is 6580. The van der Waals surface area contributed by atoms with E-state index in [9.17, 15) is 10.2 Å². The van der Waals surface area contributed by atoms with E-state index in [4.69, 9.17) is 26.8 Å². The predicted octanol–water partition coefficient (Wildman–Crippen LogP) is 28.6. The normalized spacial score (nSPS) is 12.8. The van der Waals surface area contributed by atoms with Gasteiger partial charge in [-0.2, -0.15) is 0 Å². The number of nitrogens with zero attached hydrogens (tertiary/aromatic N) is 6. The van der Waals surface area contributed by atoms with Gasteiger partial charge in [0.15, 0.2) is 0 Å². The number of aryl methyl sites for hydroxylation is 2.